The molecule has 0 atom stereocenters. The summed E-state index contributed by atoms with van der Waals surface area (Å²) < 4.78 is 0. The molecule has 1 nitrogen and oxygen atoms in total. The summed E-state index contributed by atoms with van der Waals surface area (Å²) in [6, 6.07) is 0. The molecule has 0 aromatic carbocycles. The van der Waals surface area contributed by atoms with Crippen LogP contribution in [0.2, 0.25) is 0 Å². The van der Waals surface area contributed by atoms with Crippen molar-refractivity contribution in [2.45, 2.75) is 6.92 Å². The molecule has 0 saturated carbocycles. The lowest BCUT2D eigenvalue weighted by Gasteiger charge is -1.84. The molecule has 0 amide bonds. The molecule has 0 radical (unpaired) electrons. The van der Waals surface area contributed by atoms with E-state index in [2.05, 4.69) is 6.58 Å². The fourth-order valence-corrected chi connectivity index (χ4v) is 0.331. The molecule has 0 fully saturated rings. The molecule has 2 heteroatoms. The number of halogens is 1. The van der Waals surface area contributed by atoms with Gasteiger partial charge in [0.05, 0.1) is 0 Å². The van der Waals surface area contributed by atoms with Crippen molar-refractivity contribution in [3.63, 3.8) is 0 Å². The predicted molar refractivity (Wildman–Crippen MR) is 40.5 cm³/mol. The lowest BCUT2D eigenvalue weighted by Crippen LogP contribution is -1.68. The Morgan fingerprint density at radius 2 is 2.11 bits per heavy atom. The summed E-state index contributed by atoms with van der Waals surface area (Å²) in [7, 11) is 0. The van der Waals surface area contributed by atoms with E-state index in [9.17, 15) is 0 Å². The highest BCUT2D eigenvalue weighted by Crippen LogP contribution is 1.99. The predicted octanol–water partition coefficient (Wildman–Crippen LogP) is 2.76. The van der Waals surface area contributed by atoms with Crippen molar-refractivity contribution in [2.75, 3.05) is 0 Å². The van der Waals surface area contributed by atoms with Gasteiger partial charge in [0, 0.05) is 5.03 Å². The van der Waals surface area contributed by atoms with Gasteiger partial charge in [-0.15, -0.1) is 0 Å². The summed E-state index contributed by atoms with van der Waals surface area (Å²) in [6.45, 7) is 5.08. The van der Waals surface area contributed by atoms with E-state index >= 15 is 0 Å². The highest BCUT2D eigenvalue weighted by Gasteiger charge is 1.78. The minimum absolute atomic E-state index is 0.120. The number of rotatable bonds is 2. The Hall–Kier alpha value is -0.690. The summed E-state index contributed by atoms with van der Waals surface area (Å²) in [4.78, 5) is 0. The van der Waals surface area contributed by atoms with Gasteiger partial charge in [0.2, 0.25) is 0 Å². The van der Waals surface area contributed by atoms with Crippen molar-refractivity contribution in [3.8, 4) is 0 Å². The third-order valence-corrected chi connectivity index (χ3v) is 0.819. The standard InChI is InChI=1S/C7H9ClO/c1-3-7(9)5-4-6(2)8/h3-5,9H,1H2,2H3/b6-4+,7-5+. The summed E-state index contributed by atoms with van der Waals surface area (Å²) in [5.74, 6) is 0.120. The Morgan fingerprint density at radius 3 is 2.44 bits per heavy atom. The first kappa shape index (κ1) is 8.31. The summed E-state index contributed by atoms with van der Waals surface area (Å²) in [5.41, 5.74) is 0. The van der Waals surface area contributed by atoms with E-state index in [0.29, 0.717) is 5.03 Å². The molecule has 0 aromatic rings. The fourth-order valence-electron chi connectivity index (χ4n) is 0.268. The molecule has 1 N–H and O–H groups in total. The van der Waals surface area contributed by atoms with E-state index in [1.54, 1.807) is 13.0 Å². The smallest absolute Gasteiger partial charge is 0.115 e. The van der Waals surface area contributed by atoms with Crippen molar-refractivity contribution < 1.29 is 5.11 Å². The number of aliphatic hydroxyl groups excluding tert-OH is 1. The van der Waals surface area contributed by atoms with Crippen molar-refractivity contribution in [1.82, 2.24) is 0 Å². The maximum Gasteiger partial charge on any atom is 0.115 e. The van der Waals surface area contributed by atoms with Gasteiger partial charge in [-0.25, -0.2) is 0 Å². The fraction of sp³-hybridized carbons (Fsp3) is 0.143. The van der Waals surface area contributed by atoms with E-state index in [4.69, 9.17) is 16.7 Å². The maximum absolute atomic E-state index is 8.75. The number of hydrogen-bond donors (Lipinski definition) is 1. The Bertz CT molecular complexity index is 152. The quantitative estimate of drug-likeness (QED) is 0.467. The van der Waals surface area contributed by atoms with Crippen LogP contribution in [0.4, 0.5) is 0 Å². The van der Waals surface area contributed by atoms with Gasteiger partial charge in [-0.2, -0.15) is 0 Å². The molecule has 9 heavy (non-hydrogen) atoms. The molecule has 0 unspecified atom stereocenters. The van der Waals surface area contributed by atoms with Gasteiger partial charge in [-0.1, -0.05) is 18.2 Å². The van der Waals surface area contributed by atoms with E-state index in [1.807, 2.05) is 0 Å². The first-order chi connectivity index (χ1) is 4.16. The molecule has 50 valence electrons. The lowest BCUT2D eigenvalue weighted by atomic mass is 10.4. The van der Waals surface area contributed by atoms with Gasteiger partial charge in [0.1, 0.15) is 5.76 Å². The first-order valence-corrected chi connectivity index (χ1v) is 2.90. The molecule has 0 aliphatic rings. The van der Waals surface area contributed by atoms with E-state index in [0.717, 1.165) is 0 Å². The highest BCUT2D eigenvalue weighted by molar-refractivity contribution is 6.29. The topological polar surface area (TPSA) is 20.2 Å². The van der Waals surface area contributed by atoms with Crippen LogP contribution in [0, 0.1) is 0 Å². The first-order valence-electron chi connectivity index (χ1n) is 2.52. The molecule has 0 aromatic heterocycles. The molecule has 0 aliphatic carbocycles. The zero-order valence-electron chi connectivity index (χ0n) is 5.26. The summed E-state index contributed by atoms with van der Waals surface area (Å²) in [6.07, 6.45) is 4.42. The molecule has 0 spiro atoms. The minimum Gasteiger partial charge on any atom is -0.508 e. The average molecular weight is 145 g/mol. The van der Waals surface area contributed by atoms with Crippen LogP contribution in [0.5, 0.6) is 0 Å². The van der Waals surface area contributed by atoms with Gasteiger partial charge in [0.25, 0.3) is 0 Å². The second kappa shape index (κ2) is 4.21. The van der Waals surface area contributed by atoms with Gasteiger partial charge in [-0.3, -0.25) is 0 Å². The van der Waals surface area contributed by atoms with Crippen LogP contribution in [0.1, 0.15) is 6.92 Å². The van der Waals surface area contributed by atoms with Crippen LogP contribution in [-0.4, -0.2) is 5.11 Å². The second-order valence-electron chi connectivity index (χ2n) is 1.55. The normalized spacial score (nSPS) is 13.6. The number of allylic oxidation sites excluding steroid dienone is 4. The van der Waals surface area contributed by atoms with Crippen LogP contribution < -0.4 is 0 Å². The van der Waals surface area contributed by atoms with Crippen molar-refractivity contribution in [3.05, 3.63) is 35.6 Å². The van der Waals surface area contributed by atoms with Crippen molar-refractivity contribution in [2.24, 2.45) is 0 Å². The molecular weight excluding hydrogens is 136 g/mol. The van der Waals surface area contributed by atoms with E-state index < -0.39 is 0 Å². The molecule has 0 heterocycles. The molecule has 0 bridgehead atoms. The molecule has 0 saturated heterocycles. The van der Waals surface area contributed by atoms with Crippen molar-refractivity contribution >= 4 is 11.6 Å². The largest absolute Gasteiger partial charge is 0.508 e. The van der Waals surface area contributed by atoms with Crippen LogP contribution in [-0.2, 0) is 0 Å². The SMILES string of the molecule is C=C/C(O)=C\C=C(/C)Cl. The molecular formula is C7H9ClO. The van der Waals surface area contributed by atoms with Crippen LogP contribution in [0.3, 0.4) is 0 Å². The average Bonchev–Trinajstić information content (AvgIpc) is 1.83. The van der Waals surface area contributed by atoms with E-state index in [-0.39, 0.29) is 5.76 Å². The van der Waals surface area contributed by atoms with Gasteiger partial charge in [0.15, 0.2) is 0 Å². The number of aliphatic hydroxyl groups is 1. The Balaban J connectivity index is 3.98. The van der Waals surface area contributed by atoms with Crippen LogP contribution in [0.15, 0.2) is 35.6 Å². The monoisotopic (exact) mass is 144 g/mol. The van der Waals surface area contributed by atoms with Crippen LogP contribution >= 0.6 is 11.6 Å². The maximum atomic E-state index is 8.75. The zero-order chi connectivity index (χ0) is 7.28. The minimum atomic E-state index is 0.120. The summed E-state index contributed by atoms with van der Waals surface area (Å²) in [5, 5.41) is 9.37. The van der Waals surface area contributed by atoms with Gasteiger partial charge < -0.3 is 5.11 Å². The number of hydrogen-bond acceptors (Lipinski definition) is 1. The lowest BCUT2D eigenvalue weighted by molar-refractivity contribution is 0.433. The van der Waals surface area contributed by atoms with Gasteiger partial charge >= 0.3 is 0 Å². The molecule has 0 aliphatic heterocycles. The Morgan fingerprint density at radius 1 is 1.56 bits per heavy atom. The second-order valence-corrected chi connectivity index (χ2v) is 2.15. The highest BCUT2D eigenvalue weighted by atomic mass is 35.5. The van der Waals surface area contributed by atoms with Crippen LogP contribution in [0.25, 0.3) is 0 Å². The Kier molecular flexibility index (Phi) is 3.89. The summed E-state index contributed by atoms with van der Waals surface area (Å²) >= 11 is 5.45. The van der Waals surface area contributed by atoms with Crippen molar-refractivity contribution in [1.29, 1.82) is 0 Å². The third kappa shape index (κ3) is 5.18. The molecule has 0 rings (SSSR count). The third-order valence-electron chi connectivity index (χ3n) is 0.693. The Labute approximate surface area is 60.0 Å². The van der Waals surface area contributed by atoms with Gasteiger partial charge in [-0.05, 0) is 25.2 Å². The van der Waals surface area contributed by atoms with E-state index in [1.165, 1.54) is 12.2 Å². The zero-order valence-corrected chi connectivity index (χ0v) is 6.02.